The molecule has 0 aromatic heterocycles. The monoisotopic (exact) mass is 360 g/mol. The van der Waals surface area contributed by atoms with Crippen molar-refractivity contribution in [2.75, 3.05) is 13.7 Å². The van der Waals surface area contributed by atoms with E-state index >= 15 is 0 Å². The summed E-state index contributed by atoms with van der Waals surface area (Å²) in [5.74, 6) is 1.38. The lowest BCUT2D eigenvalue weighted by atomic mass is 10.1. The molecule has 0 saturated heterocycles. The molecule has 25 heavy (non-hydrogen) atoms. The Balaban J connectivity index is 1.70. The van der Waals surface area contributed by atoms with Gasteiger partial charge < -0.3 is 14.2 Å². The number of amides is 1. The molecule has 1 N–H and O–H groups in total. The van der Waals surface area contributed by atoms with Crippen molar-refractivity contribution in [2.45, 2.75) is 13.0 Å². The van der Waals surface area contributed by atoms with Crippen molar-refractivity contribution in [3.63, 3.8) is 0 Å². The van der Waals surface area contributed by atoms with Crippen LogP contribution in [0.3, 0.4) is 0 Å². The van der Waals surface area contributed by atoms with Gasteiger partial charge >= 0.3 is 0 Å². The van der Waals surface area contributed by atoms with Crippen LogP contribution >= 0.6 is 11.6 Å². The van der Waals surface area contributed by atoms with Crippen LogP contribution in [-0.2, 0) is 4.79 Å². The Hall–Kier alpha value is -2.73. The van der Waals surface area contributed by atoms with E-state index in [1.807, 2.05) is 12.1 Å². The number of fused-ring (bicyclic) bond motifs is 1. The molecular formula is C18H17ClN2O4. The molecule has 0 radical (unpaired) electrons. The highest BCUT2D eigenvalue weighted by molar-refractivity contribution is 6.31. The Kier molecular flexibility index (Phi) is 5.09. The van der Waals surface area contributed by atoms with E-state index in [4.69, 9.17) is 25.8 Å². The number of nitrogens with zero attached hydrogens (tertiary/aromatic N) is 1. The molecule has 0 unspecified atom stereocenters. The first kappa shape index (κ1) is 17.1. The lowest BCUT2D eigenvalue weighted by Crippen LogP contribution is -2.42. The summed E-state index contributed by atoms with van der Waals surface area (Å²) in [7, 11) is 1.56. The Morgan fingerprint density at radius 1 is 1.28 bits per heavy atom. The van der Waals surface area contributed by atoms with Crippen molar-refractivity contribution in [3.05, 3.63) is 53.1 Å². The molecule has 1 atom stereocenters. The minimum atomic E-state index is -0.771. The molecule has 7 heteroatoms. The van der Waals surface area contributed by atoms with Gasteiger partial charge in [-0.15, -0.1) is 0 Å². The smallest absolute Gasteiger partial charge is 0.284 e. The summed E-state index contributed by atoms with van der Waals surface area (Å²) in [6, 6.07) is 12.4. The number of halogens is 1. The number of hydrogen-bond donors (Lipinski definition) is 1. The van der Waals surface area contributed by atoms with Gasteiger partial charge in [0.25, 0.3) is 5.91 Å². The minimum absolute atomic E-state index is 0.123. The predicted octanol–water partition coefficient (Wildman–Crippen LogP) is 3.03. The number of ether oxygens (including phenoxy) is 3. The van der Waals surface area contributed by atoms with Crippen LogP contribution in [0, 0.1) is 0 Å². The number of methoxy groups -OCH3 is 1. The highest BCUT2D eigenvalue weighted by Crippen LogP contribution is 2.30. The largest absolute Gasteiger partial charge is 0.496 e. The van der Waals surface area contributed by atoms with Crippen molar-refractivity contribution < 1.29 is 19.0 Å². The van der Waals surface area contributed by atoms with E-state index in [1.54, 1.807) is 44.4 Å². The van der Waals surface area contributed by atoms with Gasteiger partial charge in [-0.05, 0) is 37.3 Å². The van der Waals surface area contributed by atoms with Crippen LogP contribution < -0.4 is 19.6 Å². The van der Waals surface area contributed by atoms with Crippen LogP contribution in [0.4, 0.5) is 0 Å². The molecule has 0 fully saturated rings. The summed E-state index contributed by atoms with van der Waals surface area (Å²) in [4.78, 5) is 12.3. The molecule has 6 nitrogen and oxygen atoms in total. The van der Waals surface area contributed by atoms with Gasteiger partial charge in [-0.3, -0.25) is 4.79 Å². The van der Waals surface area contributed by atoms with Crippen molar-refractivity contribution in [2.24, 2.45) is 5.10 Å². The average molecular weight is 361 g/mol. The Morgan fingerprint density at radius 2 is 2.04 bits per heavy atom. The van der Waals surface area contributed by atoms with E-state index in [1.165, 1.54) is 0 Å². The third kappa shape index (κ3) is 3.85. The summed E-state index contributed by atoms with van der Waals surface area (Å²) >= 11 is 6.02. The molecule has 2 aromatic rings. The summed E-state index contributed by atoms with van der Waals surface area (Å²) in [6.07, 6.45) is -0.771. The fourth-order valence-electron chi connectivity index (χ4n) is 2.38. The van der Waals surface area contributed by atoms with Crippen molar-refractivity contribution >= 4 is 23.2 Å². The predicted molar refractivity (Wildman–Crippen MR) is 94.7 cm³/mol. The quantitative estimate of drug-likeness (QED) is 0.672. The maximum Gasteiger partial charge on any atom is 0.284 e. The second-order valence-corrected chi connectivity index (χ2v) is 5.82. The van der Waals surface area contributed by atoms with Gasteiger partial charge in [-0.25, -0.2) is 5.43 Å². The van der Waals surface area contributed by atoms with Crippen LogP contribution in [0.5, 0.6) is 17.2 Å². The lowest BCUT2D eigenvalue weighted by Gasteiger charge is -2.24. The van der Waals surface area contributed by atoms with E-state index in [0.717, 1.165) is 0 Å². The second kappa shape index (κ2) is 7.44. The number of para-hydroxylation sites is 2. The normalized spacial score (nSPS) is 16.3. The van der Waals surface area contributed by atoms with Crippen LogP contribution in [0.2, 0.25) is 5.02 Å². The molecule has 2 aromatic carbocycles. The first-order valence-corrected chi connectivity index (χ1v) is 8.03. The summed E-state index contributed by atoms with van der Waals surface area (Å²) in [5.41, 5.74) is 3.75. The number of benzene rings is 2. The van der Waals surface area contributed by atoms with Crippen LogP contribution in [0.1, 0.15) is 12.5 Å². The molecule has 1 aliphatic heterocycles. The van der Waals surface area contributed by atoms with Gasteiger partial charge in [0.15, 0.2) is 11.5 Å². The van der Waals surface area contributed by atoms with E-state index in [0.29, 0.717) is 33.5 Å². The third-order valence-corrected chi connectivity index (χ3v) is 3.92. The Labute approximate surface area is 150 Å². The standard InChI is InChI=1S/C18H17ClN2O4/c1-11(13-9-12(19)7-8-14(13)23-2)20-21-18(22)17-10-24-15-5-3-4-6-16(15)25-17/h3-9,17H,10H2,1-2H3,(H,21,22)/b20-11-/t17-/m1/s1. The zero-order valence-electron chi connectivity index (χ0n) is 13.8. The molecule has 3 rings (SSSR count). The fraction of sp³-hybridized carbons (Fsp3) is 0.222. The summed E-state index contributed by atoms with van der Waals surface area (Å²) in [6.45, 7) is 1.87. The highest BCUT2D eigenvalue weighted by Gasteiger charge is 2.27. The van der Waals surface area contributed by atoms with Crippen molar-refractivity contribution in [3.8, 4) is 17.2 Å². The van der Waals surface area contributed by atoms with Crippen LogP contribution in [0.25, 0.3) is 0 Å². The second-order valence-electron chi connectivity index (χ2n) is 5.38. The number of rotatable bonds is 4. The van der Waals surface area contributed by atoms with Crippen molar-refractivity contribution in [1.29, 1.82) is 0 Å². The van der Waals surface area contributed by atoms with Gasteiger partial charge in [-0.1, -0.05) is 23.7 Å². The number of nitrogens with one attached hydrogen (secondary N) is 1. The SMILES string of the molecule is COc1ccc(Cl)cc1/C(C)=N\NC(=O)[C@H]1COc2ccccc2O1. The van der Waals surface area contributed by atoms with Crippen LogP contribution in [-0.4, -0.2) is 31.4 Å². The topological polar surface area (TPSA) is 69.2 Å². The van der Waals surface area contributed by atoms with Gasteiger partial charge in [0.1, 0.15) is 12.4 Å². The van der Waals surface area contributed by atoms with Gasteiger partial charge in [0.2, 0.25) is 6.10 Å². The van der Waals surface area contributed by atoms with E-state index in [-0.39, 0.29) is 6.61 Å². The molecule has 0 spiro atoms. The average Bonchev–Trinajstić information content (AvgIpc) is 2.65. The van der Waals surface area contributed by atoms with E-state index < -0.39 is 12.0 Å². The van der Waals surface area contributed by atoms with E-state index in [9.17, 15) is 4.79 Å². The zero-order valence-corrected chi connectivity index (χ0v) is 14.5. The fourth-order valence-corrected chi connectivity index (χ4v) is 2.55. The zero-order chi connectivity index (χ0) is 17.8. The summed E-state index contributed by atoms with van der Waals surface area (Å²) < 4.78 is 16.5. The van der Waals surface area contributed by atoms with Crippen molar-refractivity contribution in [1.82, 2.24) is 5.43 Å². The minimum Gasteiger partial charge on any atom is -0.496 e. The number of carbonyl (C=O) groups is 1. The Morgan fingerprint density at radius 3 is 2.80 bits per heavy atom. The number of carbonyl (C=O) groups excluding carboxylic acids is 1. The lowest BCUT2D eigenvalue weighted by molar-refractivity contribution is -0.130. The molecular weight excluding hydrogens is 344 g/mol. The molecule has 0 saturated carbocycles. The third-order valence-electron chi connectivity index (χ3n) is 3.69. The van der Waals surface area contributed by atoms with Crippen LogP contribution in [0.15, 0.2) is 47.6 Å². The first-order valence-electron chi connectivity index (χ1n) is 7.65. The highest BCUT2D eigenvalue weighted by atomic mass is 35.5. The number of hydrogen-bond acceptors (Lipinski definition) is 5. The maximum absolute atomic E-state index is 12.3. The maximum atomic E-state index is 12.3. The molecule has 0 aliphatic carbocycles. The number of hydrazone groups is 1. The molecule has 1 amide bonds. The molecule has 130 valence electrons. The van der Waals surface area contributed by atoms with Gasteiger partial charge in [-0.2, -0.15) is 5.10 Å². The van der Waals surface area contributed by atoms with E-state index in [2.05, 4.69) is 10.5 Å². The molecule has 1 heterocycles. The Bertz CT molecular complexity index is 822. The van der Waals surface area contributed by atoms with Gasteiger partial charge in [0.05, 0.1) is 12.8 Å². The molecule has 1 aliphatic rings. The molecule has 0 bridgehead atoms. The van der Waals surface area contributed by atoms with Gasteiger partial charge in [0, 0.05) is 10.6 Å². The summed E-state index contributed by atoms with van der Waals surface area (Å²) in [5, 5.41) is 4.67. The first-order chi connectivity index (χ1) is 12.1.